The first kappa shape index (κ1) is 13.5. The van der Waals surface area contributed by atoms with Crippen LogP contribution in [0.15, 0.2) is 48.5 Å². The van der Waals surface area contributed by atoms with Crippen LogP contribution in [0.4, 0.5) is 13.2 Å². The zero-order chi connectivity index (χ0) is 13.9. The topological polar surface area (TPSA) is 9.23 Å². The molecule has 0 N–H and O–H groups in total. The van der Waals surface area contributed by atoms with E-state index in [0.717, 1.165) is 29.0 Å². The maximum atomic E-state index is 12.4. The number of hydrogen-bond donors (Lipinski definition) is 0. The molecule has 2 rings (SSSR count). The maximum absolute atomic E-state index is 12.4. The molecule has 1 nitrogen and oxygen atoms in total. The second-order valence-corrected chi connectivity index (χ2v) is 4.22. The van der Waals surface area contributed by atoms with Crippen LogP contribution in [0.3, 0.4) is 0 Å². The Morgan fingerprint density at radius 2 is 1.32 bits per heavy atom. The Morgan fingerprint density at radius 1 is 0.842 bits per heavy atom. The van der Waals surface area contributed by atoms with E-state index < -0.39 is 11.7 Å². The van der Waals surface area contributed by atoms with Crippen molar-refractivity contribution in [3.8, 4) is 5.75 Å². The minimum absolute atomic E-state index is 0.599. The van der Waals surface area contributed by atoms with Crippen LogP contribution >= 0.6 is 0 Å². The number of rotatable bonds is 3. The van der Waals surface area contributed by atoms with Crippen LogP contribution in [0.1, 0.15) is 16.7 Å². The molecule has 0 fully saturated rings. The third kappa shape index (κ3) is 3.50. The summed E-state index contributed by atoms with van der Waals surface area (Å²) < 4.78 is 42.3. The molecule has 0 aromatic heterocycles. The van der Waals surface area contributed by atoms with Gasteiger partial charge in [-0.25, -0.2) is 0 Å². The van der Waals surface area contributed by atoms with Crippen LogP contribution in [-0.2, 0) is 12.6 Å². The van der Waals surface area contributed by atoms with Gasteiger partial charge in [-0.15, -0.1) is 0 Å². The predicted molar refractivity (Wildman–Crippen MR) is 67.2 cm³/mol. The highest BCUT2D eigenvalue weighted by Gasteiger charge is 2.29. The Morgan fingerprint density at radius 3 is 1.74 bits per heavy atom. The Kier molecular flexibility index (Phi) is 3.79. The van der Waals surface area contributed by atoms with Crippen molar-refractivity contribution < 1.29 is 17.9 Å². The van der Waals surface area contributed by atoms with Crippen molar-refractivity contribution in [2.24, 2.45) is 0 Å². The number of methoxy groups -OCH3 is 1. The van der Waals surface area contributed by atoms with Gasteiger partial charge in [0.2, 0.25) is 0 Å². The van der Waals surface area contributed by atoms with Gasteiger partial charge in [-0.2, -0.15) is 13.2 Å². The maximum Gasteiger partial charge on any atom is 0.416 e. The monoisotopic (exact) mass is 266 g/mol. The third-order valence-corrected chi connectivity index (χ3v) is 2.85. The lowest BCUT2D eigenvalue weighted by Crippen LogP contribution is -2.04. The highest BCUT2D eigenvalue weighted by molar-refractivity contribution is 5.33. The van der Waals surface area contributed by atoms with Gasteiger partial charge >= 0.3 is 6.18 Å². The van der Waals surface area contributed by atoms with Crippen LogP contribution in [-0.4, -0.2) is 7.11 Å². The van der Waals surface area contributed by atoms with Crippen LogP contribution < -0.4 is 4.74 Å². The summed E-state index contributed by atoms with van der Waals surface area (Å²) in [6, 6.07) is 12.7. The summed E-state index contributed by atoms with van der Waals surface area (Å²) in [5.74, 6) is 0.760. The number of halogens is 3. The molecule has 0 spiro atoms. The molecule has 0 atom stereocenters. The summed E-state index contributed by atoms with van der Waals surface area (Å²) in [5, 5.41) is 0. The lowest BCUT2D eigenvalue weighted by atomic mass is 10.0. The highest BCUT2D eigenvalue weighted by atomic mass is 19.4. The molecule has 0 radical (unpaired) electrons. The molecule has 0 aliphatic heterocycles. The molecule has 0 unspecified atom stereocenters. The van der Waals surface area contributed by atoms with E-state index in [4.69, 9.17) is 4.74 Å². The largest absolute Gasteiger partial charge is 0.497 e. The highest BCUT2D eigenvalue weighted by Crippen LogP contribution is 2.29. The van der Waals surface area contributed by atoms with Crippen LogP contribution in [0, 0.1) is 0 Å². The normalized spacial score (nSPS) is 11.4. The Bertz CT molecular complexity index is 527. The first-order valence-corrected chi connectivity index (χ1v) is 5.78. The average Bonchev–Trinajstić information content (AvgIpc) is 2.39. The van der Waals surface area contributed by atoms with Gasteiger partial charge in [-0.1, -0.05) is 24.3 Å². The zero-order valence-corrected chi connectivity index (χ0v) is 10.4. The number of ether oxygens (including phenoxy) is 1. The summed E-state index contributed by atoms with van der Waals surface area (Å²) in [7, 11) is 1.59. The standard InChI is InChI=1S/C15H13F3O/c1-19-14-8-4-12(5-9-14)10-11-2-6-13(7-3-11)15(16,17)18/h2-9H,10H2,1H3. The van der Waals surface area contributed by atoms with E-state index in [-0.39, 0.29) is 0 Å². The van der Waals surface area contributed by atoms with Crippen molar-refractivity contribution in [1.29, 1.82) is 0 Å². The van der Waals surface area contributed by atoms with E-state index in [2.05, 4.69) is 0 Å². The van der Waals surface area contributed by atoms with E-state index in [1.54, 1.807) is 7.11 Å². The Labute approximate surface area is 109 Å². The molecule has 0 amide bonds. The molecule has 2 aromatic carbocycles. The van der Waals surface area contributed by atoms with Gasteiger partial charge < -0.3 is 4.74 Å². The first-order valence-electron chi connectivity index (χ1n) is 5.78. The van der Waals surface area contributed by atoms with Crippen LogP contribution in [0.25, 0.3) is 0 Å². The van der Waals surface area contributed by atoms with Gasteiger partial charge in [-0.3, -0.25) is 0 Å². The Balaban J connectivity index is 2.10. The summed E-state index contributed by atoms with van der Waals surface area (Å²) >= 11 is 0. The van der Waals surface area contributed by atoms with Crippen molar-refractivity contribution in [3.63, 3.8) is 0 Å². The third-order valence-electron chi connectivity index (χ3n) is 2.85. The second kappa shape index (κ2) is 5.34. The molecule has 19 heavy (non-hydrogen) atoms. The van der Waals surface area contributed by atoms with Gasteiger partial charge in [0.25, 0.3) is 0 Å². The lowest BCUT2D eigenvalue weighted by Gasteiger charge is -2.08. The molecule has 4 heteroatoms. The number of alkyl halides is 3. The molecule has 0 bridgehead atoms. The van der Waals surface area contributed by atoms with Crippen LogP contribution in [0.5, 0.6) is 5.75 Å². The average molecular weight is 266 g/mol. The predicted octanol–water partition coefficient (Wildman–Crippen LogP) is 4.30. The van der Waals surface area contributed by atoms with Crippen LogP contribution in [0.2, 0.25) is 0 Å². The fourth-order valence-electron chi connectivity index (χ4n) is 1.79. The van der Waals surface area contributed by atoms with Crippen molar-refractivity contribution in [1.82, 2.24) is 0 Å². The first-order chi connectivity index (χ1) is 8.99. The molecule has 0 heterocycles. The summed E-state index contributed by atoms with van der Waals surface area (Å²) in [4.78, 5) is 0. The van der Waals surface area contributed by atoms with E-state index in [1.165, 1.54) is 12.1 Å². The molecule has 100 valence electrons. The van der Waals surface area contributed by atoms with Gasteiger partial charge in [0, 0.05) is 0 Å². The Hall–Kier alpha value is -1.97. The van der Waals surface area contributed by atoms with E-state index >= 15 is 0 Å². The molecular formula is C15H13F3O. The van der Waals surface area contributed by atoms with Crippen molar-refractivity contribution in [2.75, 3.05) is 7.11 Å². The van der Waals surface area contributed by atoms with E-state index in [0.29, 0.717) is 6.42 Å². The number of benzene rings is 2. The van der Waals surface area contributed by atoms with Crippen molar-refractivity contribution in [3.05, 3.63) is 65.2 Å². The van der Waals surface area contributed by atoms with Gasteiger partial charge in [0.1, 0.15) is 5.75 Å². The van der Waals surface area contributed by atoms with E-state index in [9.17, 15) is 13.2 Å². The van der Waals surface area contributed by atoms with Gasteiger partial charge in [-0.05, 0) is 41.8 Å². The van der Waals surface area contributed by atoms with Gasteiger partial charge in [0.15, 0.2) is 0 Å². The minimum atomic E-state index is -4.28. The van der Waals surface area contributed by atoms with E-state index in [1.807, 2.05) is 24.3 Å². The molecule has 0 aliphatic carbocycles. The fraction of sp³-hybridized carbons (Fsp3) is 0.200. The second-order valence-electron chi connectivity index (χ2n) is 4.22. The molecule has 0 saturated heterocycles. The minimum Gasteiger partial charge on any atom is -0.497 e. The van der Waals surface area contributed by atoms with Crippen molar-refractivity contribution >= 4 is 0 Å². The number of hydrogen-bond acceptors (Lipinski definition) is 1. The summed E-state index contributed by atoms with van der Waals surface area (Å²) in [6.45, 7) is 0. The molecular weight excluding hydrogens is 253 g/mol. The quantitative estimate of drug-likeness (QED) is 0.804. The molecule has 0 aliphatic rings. The van der Waals surface area contributed by atoms with Crippen molar-refractivity contribution in [2.45, 2.75) is 12.6 Å². The van der Waals surface area contributed by atoms with Gasteiger partial charge in [0.05, 0.1) is 12.7 Å². The lowest BCUT2D eigenvalue weighted by molar-refractivity contribution is -0.137. The smallest absolute Gasteiger partial charge is 0.416 e. The SMILES string of the molecule is COc1ccc(Cc2ccc(C(F)(F)F)cc2)cc1. The zero-order valence-electron chi connectivity index (χ0n) is 10.4. The molecule has 0 saturated carbocycles. The summed E-state index contributed by atoms with van der Waals surface area (Å²) in [6.07, 6.45) is -3.68. The molecule has 2 aromatic rings. The fourth-order valence-corrected chi connectivity index (χ4v) is 1.79. The summed E-state index contributed by atoms with van der Waals surface area (Å²) in [5.41, 5.74) is 1.25.